The first-order chi connectivity index (χ1) is 17.1. The molecule has 3 aromatic rings. The molecule has 1 fully saturated rings. The SMILES string of the molecule is CC(C)COc1cccc(/C(O)=C2\C(=O)C(=O)N(c3ccc(C(C)(C)C)cc3)C2c2ccncc2)c1. The molecule has 0 aliphatic carbocycles. The molecule has 1 N–H and O–H groups in total. The van der Waals surface area contributed by atoms with Crippen molar-refractivity contribution in [2.45, 2.75) is 46.1 Å². The summed E-state index contributed by atoms with van der Waals surface area (Å²) in [6.07, 6.45) is 3.22. The minimum Gasteiger partial charge on any atom is -0.507 e. The number of hydrogen-bond acceptors (Lipinski definition) is 5. The van der Waals surface area contributed by atoms with E-state index in [4.69, 9.17) is 4.74 Å². The van der Waals surface area contributed by atoms with Crippen molar-refractivity contribution < 1.29 is 19.4 Å². The van der Waals surface area contributed by atoms with Crippen LogP contribution in [0.5, 0.6) is 5.75 Å². The van der Waals surface area contributed by atoms with Gasteiger partial charge in [0.1, 0.15) is 11.5 Å². The van der Waals surface area contributed by atoms with Crippen molar-refractivity contribution in [1.82, 2.24) is 4.98 Å². The summed E-state index contributed by atoms with van der Waals surface area (Å²) in [6, 6.07) is 17.3. The molecular weight excluding hydrogens is 452 g/mol. The highest BCUT2D eigenvalue weighted by atomic mass is 16.5. The average Bonchev–Trinajstić information content (AvgIpc) is 3.13. The number of aliphatic hydroxyl groups excluding tert-OH is 1. The summed E-state index contributed by atoms with van der Waals surface area (Å²) in [5.74, 6) is -0.736. The molecule has 0 saturated carbocycles. The predicted octanol–water partition coefficient (Wildman–Crippen LogP) is 6.04. The number of hydrogen-bond donors (Lipinski definition) is 1. The molecule has 1 atom stereocenters. The number of rotatable bonds is 6. The molecule has 4 rings (SSSR count). The molecule has 1 aliphatic heterocycles. The maximum absolute atomic E-state index is 13.4. The third-order valence-corrected chi connectivity index (χ3v) is 6.17. The number of ketones is 1. The van der Waals surface area contributed by atoms with Crippen LogP contribution in [0.2, 0.25) is 0 Å². The van der Waals surface area contributed by atoms with Crippen molar-refractivity contribution in [3.63, 3.8) is 0 Å². The van der Waals surface area contributed by atoms with Crippen LogP contribution in [0.15, 0.2) is 78.6 Å². The molecule has 186 valence electrons. The standard InChI is InChI=1S/C30H32N2O4/c1-19(2)18-36-24-8-6-7-21(17-24)27(33)25-26(20-13-15-31-16-14-20)32(29(35)28(25)34)23-11-9-22(10-12-23)30(3,4)5/h6-17,19,26,33H,18H2,1-5H3/b27-25+. The van der Waals surface area contributed by atoms with Crippen LogP contribution in [0.1, 0.15) is 57.4 Å². The van der Waals surface area contributed by atoms with Crippen molar-refractivity contribution in [2.75, 3.05) is 11.5 Å². The number of carbonyl (C=O) groups is 2. The number of carbonyl (C=O) groups excluding carboxylic acids is 2. The lowest BCUT2D eigenvalue weighted by atomic mass is 9.87. The number of amides is 1. The normalized spacial score (nSPS) is 17.6. The van der Waals surface area contributed by atoms with Gasteiger partial charge in [0.15, 0.2) is 0 Å². The molecule has 1 unspecified atom stereocenters. The van der Waals surface area contributed by atoms with Crippen LogP contribution in [-0.4, -0.2) is 28.4 Å². The lowest BCUT2D eigenvalue weighted by Crippen LogP contribution is -2.29. The molecule has 2 aromatic carbocycles. The average molecular weight is 485 g/mol. The number of benzene rings is 2. The summed E-state index contributed by atoms with van der Waals surface area (Å²) < 4.78 is 5.81. The second-order valence-electron chi connectivity index (χ2n) is 10.5. The highest BCUT2D eigenvalue weighted by Crippen LogP contribution is 2.42. The van der Waals surface area contributed by atoms with Crippen LogP contribution < -0.4 is 9.64 Å². The van der Waals surface area contributed by atoms with Gasteiger partial charge in [-0.25, -0.2) is 0 Å². The summed E-state index contributed by atoms with van der Waals surface area (Å²) in [5.41, 5.74) is 2.77. The van der Waals surface area contributed by atoms with Gasteiger partial charge in [0.25, 0.3) is 11.7 Å². The fourth-order valence-corrected chi connectivity index (χ4v) is 4.23. The molecule has 1 aromatic heterocycles. The fraction of sp³-hybridized carbons (Fsp3) is 0.300. The van der Waals surface area contributed by atoms with E-state index in [1.165, 1.54) is 4.90 Å². The zero-order valence-corrected chi connectivity index (χ0v) is 21.4. The smallest absolute Gasteiger partial charge is 0.300 e. The second-order valence-corrected chi connectivity index (χ2v) is 10.5. The van der Waals surface area contributed by atoms with Crippen molar-refractivity contribution in [1.29, 1.82) is 0 Å². The highest BCUT2D eigenvalue weighted by Gasteiger charge is 2.47. The molecule has 1 aliphatic rings. The van der Waals surface area contributed by atoms with E-state index < -0.39 is 17.7 Å². The quantitative estimate of drug-likeness (QED) is 0.262. The van der Waals surface area contributed by atoms with Gasteiger partial charge >= 0.3 is 0 Å². The van der Waals surface area contributed by atoms with Gasteiger partial charge in [0.05, 0.1) is 18.2 Å². The van der Waals surface area contributed by atoms with Crippen molar-refractivity contribution in [3.8, 4) is 5.75 Å². The first-order valence-electron chi connectivity index (χ1n) is 12.1. The Labute approximate surface area is 212 Å². The van der Waals surface area contributed by atoms with Crippen LogP contribution >= 0.6 is 0 Å². The lowest BCUT2D eigenvalue weighted by Gasteiger charge is -2.26. The summed E-state index contributed by atoms with van der Waals surface area (Å²) in [6.45, 7) is 11.0. The number of aromatic nitrogens is 1. The first kappa shape index (κ1) is 25.2. The van der Waals surface area contributed by atoms with Gasteiger partial charge in [0.2, 0.25) is 0 Å². The Bertz CT molecular complexity index is 1290. The van der Waals surface area contributed by atoms with Crippen molar-refractivity contribution >= 4 is 23.1 Å². The van der Waals surface area contributed by atoms with Gasteiger partial charge in [-0.15, -0.1) is 0 Å². The monoisotopic (exact) mass is 484 g/mol. The molecule has 0 bridgehead atoms. The van der Waals surface area contributed by atoms with Crippen LogP contribution in [0.25, 0.3) is 5.76 Å². The summed E-state index contributed by atoms with van der Waals surface area (Å²) in [5, 5.41) is 11.4. The maximum atomic E-state index is 13.4. The van der Waals surface area contributed by atoms with Gasteiger partial charge < -0.3 is 9.84 Å². The number of aliphatic hydroxyl groups is 1. The fourth-order valence-electron chi connectivity index (χ4n) is 4.23. The molecule has 6 heteroatoms. The van der Waals surface area contributed by atoms with Crippen LogP contribution in [0, 0.1) is 5.92 Å². The Morgan fingerprint density at radius 3 is 2.31 bits per heavy atom. The lowest BCUT2D eigenvalue weighted by molar-refractivity contribution is -0.132. The third kappa shape index (κ3) is 5.03. The number of pyridine rings is 1. The minimum atomic E-state index is -0.797. The molecule has 2 heterocycles. The molecule has 1 saturated heterocycles. The number of ether oxygens (including phenoxy) is 1. The van der Waals surface area contributed by atoms with Crippen molar-refractivity contribution in [2.24, 2.45) is 5.92 Å². The Hall–Kier alpha value is -3.93. The number of Topliss-reactive ketones (excluding diaryl/α,β-unsaturated/α-hetero) is 1. The van der Waals surface area contributed by atoms with E-state index >= 15 is 0 Å². The van der Waals surface area contributed by atoms with E-state index in [-0.39, 0.29) is 16.7 Å². The minimum absolute atomic E-state index is 0.0344. The van der Waals surface area contributed by atoms with E-state index in [1.54, 1.807) is 48.8 Å². The highest BCUT2D eigenvalue weighted by molar-refractivity contribution is 6.51. The third-order valence-electron chi connectivity index (χ3n) is 6.17. The van der Waals surface area contributed by atoms with Crippen LogP contribution in [0.3, 0.4) is 0 Å². The van der Waals surface area contributed by atoms with Gasteiger partial charge in [0, 0.05) is 23.6 Å². The van der Waals surface area contributed by atoms with E-state index in [0.29, 0.717) is 35.1 Å². The molecular formula is C30H32N2O4. The zero-order valence-electron chi connectivity index (χ0n) is 21.4. The number of nitrogens with zero attached hydrogens (tertiary/aromatic N) is 2. The van der Waals surface area contributed by atoms with E-state index in [2.05, 4.69) is 25.8 Å². The molecule has 0 radical (unpaired) electrons. The Balaban J connectivity index is 1.83. The van der Waals surface area contributed by atoms with Crippen LogP contribution in [-0.2, 0) is 15.0 Å². The molecule has 36 heavy (non-hydrogen) atoms. The Morgan fingerprint density at radius 2 is 1.69 bits per heavy atom. The van der Waals surface area contributed by atoms with E-state index in [9.17, 15) is 14.7 Å². The molecule has 6 nitrogen and oxygen atoms in total. The Morgan fingerprint density at radius 1 is 1.03 bits per heavy atom. The second kappa shape index (κ2) is 9.97. The number of anilines is 1. The van der Waals surface area contributed by atoms with Gasteiger partial charge in [-0.2, -0.15) is 0 Å². The van der Waals surface area contributed by atoms with E-state index in [1.807, 2.05) is 38.1 Å². The predicted molar refractivity (Wildman–Crippen MR) is 141 cm³/mol. The summed E-state index contributed by atoms with van der Waals surface area (Å²) in [4.78, 5) is 32.2. The van der Waals surface area contributed by atoms with E-state index in [0.717, 1.165) is 5.56 Å². The van der Waals surface area contributed by atoms with Gasteiger partial charge in [-0.3, -0.25) is 19.5 Å². The summed E-state index contributed by atoms with van der Waals surface area (Å²) in [7, 11) is 0. The Kier molecular flexibility index (Phi) is 6.97. The van der Waals surface area contributed by atoms with Crippen LogP contribution in [0.4, 0.5) is 5.69 Å². The maximum Gasteiger partial charge on any atom is 0.300 e. The zero-order chi connectivity index (χ0) is 26.0. The largest absolute Gasteiger partial charge is 0.507 e. The summed E-state index contributed by atoms with van der Waals surface area (Å²) >= 11 is 0. The first-order valence-corrected chi connectivity index (χ1v) is 12.1. The topological polar surface area (TPSA) is 79.7 Å². The molecule has 1 amide bonds. The van der Waals surface area contributed by atoms with Gasteiger partial charge in [-0.05, 0) is 58.9 Å². The molecule has 0 spiro atoms. The van der Waals surface area contributed by atoms with Crippen molar-refractivity contribution in [3.05, 3.63) is 95.3 Å². The van der Waals surface area contributed by atoms with Gasteiger partial charge in [-0.1, -0.05) is 58.9 Å².